The molecule has 0 aliphatic heterocycles. The minimum absolute atomic E-state index is 0.326. The number of amides is 1. The van der Waals surface area contributed by atoms with Crippen molar-refractivity contribution >= 4 is 16.2 Å². The number of hydrogen-bond acceptors (Lipinski definition) is 5. The van der Waals surface area contributed by atoms with Crippen LogP contribution in [0.3, 0.4) is 0 Å². The van der Waals surface area contributed by atoms with Gasteiger partial charge in [-0.15, -0.1) is 0 Å². The van der Waals surface area contributed by atoms with Crippen LogP contribution >= 0.6 is 0 Å². The van der Waals surface area contributed by atoms with Gasteiger partial charge >= 0.3 is 6.09 Å². The van der Waals surface area contributed by atoms with Gasteiger partial charge in [0.1, 0.15) is 5.60 Å². The summed E-state index contributed by atoms with van der Waals surface area (Å²) in [5.74, 6) is 0. The molecule has 0 unspecified atom stereocenters. The quantitative estimate of drug-likeness (QED) is 0.783. The summed E-state index contributed by atoms with van der Waals surface area (Å²) in [5, 5.41) is 2.79. The lowest BCUT2D eigenvalue weighted by molar-refractivity contribution is -0.196. The first-order chi connectivity index (χ1) is 7.93. The lowest BCUT2D eigenvalue weighted by Crippen LogP contribution is -2.79. The SMILES string of the molecule is CC(C)(C)OC(=O)NC12CC(OS(C)(=O)=O)(C1)C2. The summed E-state index contributed by atoms with van der Waals surface area (Å²) < 4.78 is 32.3. The predicted molar refractivity (Wildman–Crippen MR) is 64.6 cm³/mol. The van der Waals surface area contributed by atoms with E-state index < -0.39 is 27.4 Å². The second kappa shape index (κ2) is 3.60. The van der Waals surface area contributed by atoms with Crippen LogP contribution in [0.15, 0.2) is 0 Å². The molecule has 0 saturated heterocycles. The highest BCUT2D eigenvalue weighted by Gasteiger charge is 2.71. The number of hydrogen-bond donors (Lipinski definition) is 1. The standard InChI is InChI=1S/C11H19NO5S/c1-9(2,3)16-8(13)12-10-5-11(6-10,7-10)17-18(4,14)15/h5-7H2,1-4H3,(H,12,13). The third-order valence-electron chi connectivity index (χ3n) is 3.08. The van der Waals surface area contributed by atoms with Crippen molar-refractivity contribution in [2.45, 2.75) is 56.8 Å². The van der Waals surface area contributed by atoms with Crippen LogP contribution in [0.1, 0.15) is 40.0 Å². The van der Waals surface area contributed by atoms with Gasteiger partial charge in [0, 0.05) is 19.3 Å². The first kappa shape index (κ1) is 13.6. The third kappa shape index (κ3) is 2.77. The highest BCUT2D eigenvalue weighted by molar-refractivity contribution is 7.86. The van der Waals surface area contributed by atoms with E-state index in [0.29, 0.717) is 19.3 Å². The first-order valence-electron chi connectivity index (χ1n) is 5.85. The number of carbonyl (C=O) groups is 1. The Morgan fingerprint density at radius 2 is 1.72 bits per heavy atom. The molecule has 0 aromatic carbocycles. The lowest BCUT2D eigenvalue weighted by Gasteiger charge is -2.68. The molecule has 0 aromatic heterocycles. The minimum atomic E-state index is -3.43. The van der Waals surface area contributed by atoms with Gasteiger partial charge in [0.15, 0.2) is 0 Å². The molecule has 1 amide bonds. The van der Waals surface area contributed by atoms with Gasteiger partial charge in [-0.1, -0.05) is 0 Å². The minimum Gasteiger partial charge on any atom is -0.444 e. The maximum absolute atomic E-state index is 11.6. The summed E-state index contributed by atoms with van der Waals surface area (Å²) in [5.41, 5.74) is -1.44. The molecule has 6 nitrogen and oxygen atoms in total. The molecule has 104 valence electrons. The molecule has 0 heterocycles. The molecule has 3 saturated carbocycles. The smallest absolute Gasteiger partial charge is 0.408 e. The molecular weight excluding hydrogens is 258 g/mol. The van der Waals surface area contributed by atoms with E-state index in [1.807, 2.05) is 0 Å². The highest BCUT2D eigenvalue weighted by atomic mass is 32.2. The van der Waals surface area contributed by atoms with Crippen molar-refractivity contribution in [3.05, 3.63) is 0 Å². The lowest BCUT2D eigenvalue weighted by atomic mass is 9.46. The number of alkyl carbamates (subject to hydrolysis) is 1. The highest BCUT2D eigenvalue weighted by Crippen LogP contribution is 2.63. The molecule has 0 radical (unpaired) electrons. The van der Waals surface area contributed by atoms with Crippen LogP contribution in [-0.4, -0.2) is 37.5 Å². The average molecular weight is 277 g/mol. The van der Waals surface area contributed by atoms with Gasteiger partial charge in [0.25, 0.3) is 10.1 Å². The Bertz CT molecular complexity index is 456. The molecule has 18 heavy (non-hydrogen) atoms. The first-order valence-corrected chi connectivity index (χ1v) is 7.66. The maximum atomic E-state index is 11.6. The molecule has 0 aromatic rings. The van der Waals surface area contributed by atoms with E-state index in [-0.39, 0.29) is 5.54 Å². The van der Waals surface area contributed by atoms with Crippen molar-refractivity contribution in [1.82, 2.24) is 5.32 Å². The fourth-order valence-corrected chi connectivity index (χ4v) is 3.58. The molecule has 3 rings (SSSR count). The zero-order valence-corrected chi connectivity index (χ0v) is 11.9. The Morgan fingerprint density at radius 3 is 2.11 bits per heavy atom. The van der Waals surface area contributed by atoms with Crippen LogP contribution < -0.4 is 5.32 Å². The Hall–Kier alpha value is -0.820. The van der Waals surface area contributed by atoms with Crippen molar-refractivity contribution in [2.24, 2.45) is 0 Å². The maximum Gasteiger partial charge on any atom is 0.408 e. The Labute approximate surface area is 107 Å². The predicted octanol–water partition coefficient (Wildman–Crippen LogP) is 1.16. The van der Waals surface area contributed by atoms with Crippen LogP contribution in [0.4, 0.5) is 4.79 Å². The van der Waals surface area contributed by atoms with Crippen molar-refractivity contribution in [1.29, 1.82) is 0 Å². The summed E-state index contributed by atoms with van der Waals surface area (Å²) >= 11 is 0. The molecule has 2 bridgehead atoms. The molecule has 3 aliphatic rings. The van der Waals surface area contributed by atoms with Crippen LogP contribution in [0.2, 0.25) is 0 Å². The zero-order valence-electron chi connectivity index (χ0n) is 11.1. The molecule has 3 fully saturated rings. The van der Waals surface area contributed by atoms with Gasteiger partial charge in [0.2, 0.25) is 0 Å². The Kier molecular flexibility index (Phi) is 2.72. The van der Waals surface area contributed by atoms with Crippen LogP contribution in [0, 0.1) is 0 Å². The number of rotatable bonds is 3. The number of carbonyl (C=O) groups excluding carboxylic acids is 1. The molecule has 1 N–H and O–H groups in total. The molecular formula is C11H19NO5S. The molecule has 7 heteroatoms. The van der Waals surface area contributed by atoms with Gasteiger partial charge in [-0.25, -0.2) is 4.79 Å². The Morgan fingerprint density at radius 1 is 1.22 bits per heavy atom. The fourth-order valence-electron chi connectivity index (χ4n) is 2.76. The fraction of sp³-hybridized carbons (Fsp3) is 0.909. The number of ether oxygens (including phenoxy) is 1. The summed E-state index contributed by atoms with van der Waals surface area (Å²) in [6.07, 6.45) is 2.18. The van der Waals surface area contributed by atoms with Crippen molar-refractivity contribution in [2.75, 3.05) is 6.26 Å². The molecule has 0 spiro atoms. The second-order valence-electron chi connectivity index (χ2n) is 6.41. The van der Waals surface area contributed by atoms with Gasteiger partial charge in [-0.3, -0.25) is 4.18 Å². The normalized spacial score (nSPS) is 34.2. The largest absolute Gasteiger partial charge is 0.444 e. The summed E-state index contributed by atoms with van der Waals surface area (Å²) in [6.45, 7) is 5.38. The van der Waals surface area contributed by atoms with Gasteiger partial charge < -0.3 is 10.1 Å². The van der Waals surface area contributed by atoms with Crippen molar-refractivity contribution < 1.29 is 22.1 Å². The van der Waals surface area contributed by atoms with Crippen LogP contribution in [0.25, 0.3) is 0 Å². The van der Waals surface area contributed by atoms with E-state index in [9.17, 15) is 13.2 Å². The van der Waals surface area contributed by atoms with E-state index in [4.69, 9.17) is 8.92 Å². The van der Waals surface area contributed by atoms with E-state index in [1.165, 1.54) is 0 Å². The summed E-state index contributed by atoms with van der Waals surface area (Å²) in [7, 11) is -3.43. The monoisotopic (exact) mass is 277 g/mol. The van der Waals surface area contributed by atoms with Gasteiger partial charge in [-0.05, 0) is 20.8 Å². The van der Waals surface area contributed by atoms with Crippen molar-refractivity contribution in [3.8, 4) is 0 Å². The number of nitrogens with one attached hydrogen (secondary N) is 1. The van der Waals surface area contributed by atoms with E-state index in [1.54, 1.807) is 20.8 Å². The average Bonchev–Trinajstić information content (AvgIpc) is 1.90. The van der Waals surface area contributed by atoms with Gasteiger partial charge in [0.05, 0.1) is 17.4 Å². The summed E-state index contributed by atoms with van der Waals surface area (Å²) in [6, 6.07) is 0. The van der Waals surface area contributed by atoms with Crippen molar-refractivity contribution in [3.63, 3.8) is 0 Å². The molecule has 0 atom stereocenters. The zero-order chi connectivity index (χ0) is 13.8. The van der Waals surface area contributed by atoms with Gasteiger partial charge in [-0.2, -0.15) is 8.42 Å². The third-order valence-corrected chi connectivity index (χ3v) is 3.73. The second-order valence-corrected chi connectivity index (χ2v) is 7.98. The van der Waals surface area contributed by atoms with E-state index >= 15 is 0 Å². The Balaban J connectivity index is 1.82. The van der Waals surface area contributed by atoms with Crippen LogP contribution in [-0.2, 0) is 19.0 Å². The van der Waals surface area contributed by atoms with Crippen LogP contribution in [0.5, 0.6) is 0 Å². The van der Waals surface area contributed by atoms with E-state index in [0.717, 1.165) is 6.26 Å². The topological polar surface area (TPSA) is 81.7 Å². The van der Waals surface area contributed by atoms with E-state index in [2.05, 4.69) is 5.32 Å². The molecule has 3 aliphatic carbocycles. The summed E-state index contributed by atoms with van der Waals surface area (Å²) in [4.78, 5) is 11.6.